The van der Waals surface area contributed by atoms with Gasteiger partial charge in [-0.2, -0.15) is 0 Å². The fourth-order valence-corrected chi connectivity index (χ4v) is 1.55. The van der Waals surface area contributed by atoms with Crippen LogP contribution in [0.1, 0.15) is 10.4 Å². The Labute approximate surface area is 106 Å². The van der Waals surface area contributed by atoms with Crippen LogP contribution in [0, 0.1) is 5.82 Å². The van der Waals surface area contributed by atoms with Gasteiger partial charge in [0.05, 0.1) is 10.6 Å². The molecule has 0 spiro atoms. The smallest absolute Gasteiger partial charge is 0.271 e. The van der Waals surface area contributed by atoms with E-state index in [4.69, 9.17) is 11.6 Å². The van der Waals surface area contributed by atoms with Gasteiger partial charge in [0.25, 0.3) is 11.5 Å². The summed E-state index contributed by atoms with van der Waals surface area (Å²) < 4.78 is 13.3. The zero-order chi connectivity index (χ0) is 13.1. The second-order valence-electron chi connectivity index (χ2n) is 3.49. The average Bonchev–Trinajstić information content (AvgIpc) is 2.34. The van der Waals surface area contributed by atoms with Crippen LogP contribution in [0.3, 0.4) is 0 Å². The fraction of sp³-hybridized carbons (Fsp3) is 0. The average molecular weight is 267 g/mol. The molecule has 0 aliphatic rings. The first-order valence-corrected chi connectivity index (χ1v) is 5.40. The van der Waals surface area contributed by atoms with Crippen LogP contribution in [0.2, 0.25) is 5.02 Å². The van der Waals surface area contributed by atoms with Crippen molar-refractivity contribution in [2.24, 2.45) is 0 Å². The lowest BCUT2D eigenvalue weighted by molar-refractivity contribution is 0.102. The van der Waals surface area contributed by atoms with Crippen molar-refractivity contribution in [2.75, 3.05) is 5.32 Å². The molecule has 0 saturated heterocycles. The molecule has 0 radical (unpaired) electrons. The number of pyridine rings is 1. The van der Waals surface area contributed by atoms with E-state index >= 15 is 0 Å². The normalized spacial score (nSPS) is 10.1. The molecule has 1 aromatic carbocycles. The standard InChI is InChI=1S/C12H8ClFN2O2/c13-7-5-10(12(18)15-6-7)16-11(17)8-3-1-2-4-9(8)14/h1-6H,(H,15,18)(H,16,17). The number of amides is 1. The van der Waals surface area contributed by atoms with Crippen molar-refractivity contribution < 1.29 is 9.18 Å². The van der Waals surface area contributed by atoms with E-state index in [2.05, 4.69) is 10.3 Å². The maximum atomic E-state index is 13.3. The van der Waals surface area contributed by atoms with Gasteiger partial charge < -0.3 is 10.3 Å². The molecule has 0 aliphatic carbocycles. The lowest BCUT2D eigenvalue weighted by atomic mass is 10.2. The molecule has 18 heavy (non-hydrogen) atoms. The quantitative estimate of drug-likeness (QED) is 0.877. The minimum Gasteiger partial charge on any atom is -0.326 e. The molecule has 0 unspecified atom stereocenters. The number of hydrogen-bond donors (Lipinski definition) is 2. The topological polar surface area (TPSA) is 62.0 Å². The summed E-state index contributed by atoms with van der Waals surface area (Å²) in [6.45, 7) is 0. The molecule has 0 bridgehead atoms. The number of halogens is 2. The second kappa shape index (κ2) is 5.01. The number of rotatable bonds is 2. The summed E-state index contributed by atoms with van der Waals surface area (Å²) in [4.78, 5) is 25.5. The van der Waals surface area contributed by atoms with E-state index < -0.39 is 17.3 Å². The van der Waals surface area contributed by atoms with Gasteiger partial charge in [0.1, 0.15) is 11.5 Å². The monoisotopic (exact) mass is 266 g/mol. The van der Waals surface area contributed by atoms with Crippen molar-refractivity contribution >= 4 is 23.2 Å². The number of carbonyl (C=O) groups is 1. The van der Waals surface area contributed by atoms with E-state index in [1.807, 2.05) is 0 Å². The van der Waals surface area contributed by atoms with Crippen LogP contribution in [0.4, 0.5) is 10.1 Å². The van der Waals surface area contributed by atoms with Crippen LogP contribution in [0.15, 0.2) is 41.3 Å². The molecular formula is C12H8ClFN2O2. The summed E-state index contributed by atoms with van der Waals surface area (Å²) in [6, 6.07) is 6.78. The molecule has 1 heterocycles. The minimum atomic E-state index is -0.708. The first kappa shape index (κ1) is 12.3. The number of aromatic amines is 1. The molecule has 1 aromatic heterocycles. The molecule has 6 heteroatoms. The third-order valence-corrected chi connectivity index (χ3v) is 2.45. The molecule has 4 nitrogen and oxygen atoms in total. The van der Waals surface area contributed by atoms with Crippen LogP contribution in [-0.2, 0) is 0 Å². The highest BCUT2D eigenvalue weighted by Crippen LogP contribution is 2.12. The predicted molar refractivity (Wildman–Crippen MR) is 66.4 cm³/mol. The number of H-pyrrole nitrogens is 1. The molecule has 1 amide bonds. The predicted octanol–water partition coefficient (Wildman–Crippen LogP) is 2.42. The van der Waals surface area contributed by atoms with Crippen LogP contribution >= 0.6 is 11.6 Å². The summed E-state index contributed by atoms with van der Waals surface area (Å²) >= 11 is 5.68. The Morgan fingerprint density at radius 1 is 1.33 bits per heavy atom. The lowest BCUT2D eigenvalue weighted by Crippen LogP contribution is -2.20. The highest BCUT2D eigenvalue weighted by atomic mass is 35.5. The number of hydrogen-bond acceptors (Lipinski definition) is 2. The third-order valence-electron chi connectivity index (χ3n) is 2.23. The molecular weight excluding hydrogens is 259 g/mol. The Balaban J connectivity index is 2.30. The van der Waals surface area contributed by atoms with Crippen LogP contribution in [0.5, 0.6) is 0 Å². The Morgan fingerprint density at radius 3 is 2.78 bits per heavy atom. The molecule has 0 aliphatic heterocycles. The van der Waals surface area contributed by atoms with Crippen LogP contribution < -0.4 is 10.9 Å². The zero-order valence-corrected chi connectivity index (χ0v) is 9.79. The minimum absolute atomic E-state index is 0.0317. The van der Waals surface area contributed by atoms with Gasteiger partial charge in [-0.15, -0.1) is 0 Å². The second-order valence-corrected chi connectivity index (χ2v) is 3.93. The number of anilines is 1. The van der Waals surface area contributed by atoms with Crippen molar-refractivity contribution in [3.63, 3.8) is 0 Å². The summed E-state index contributed by atoms with van der Waals surface area (Å²) in [5.41, 5.74) is -0.684. The summed E-state index contributed by atoms with van der Waals surface area (Å²) in [6.07, 6.45) is 1.29. The Morgan fingerprint density at radius 2 is 2.06 bits per heavy atom. The molecule has 0 saturated carbocycles. The zero-order valence-electron chi connectivity index (χ0n) is 9.04. The van der Waals surface area contributed by atoms with Gasteiger partial charge in [0.15, 0.2) is 0 Å². The van der Waals surface area contributed by atoms with Crippen molar-refractivity contribution in [1.29, 1.82) is 0 Å². The Bertz CT molecular complexity index is 655. The molecule has 2 rings (SSSR count). The van der Waals surface area contributed by atoms with E-state index in [0.29, 0.717) is 0 Å². The van der Waals surface area contributed by atoms with Crippen molar-refractivity contribution in [2.45, 2.75) is 0 Å². The van der Waals surface area contributed by atoms with Crippen molar-refractivity contribution in [3.05, 3.63) is 63.3 Å². The van der Waals surface area contributed by atoms with Gasteiger partial charge in [0, 0.05) is 6.20 Å². The number of nitrogens with one attached hydrogen (secondary N) is 2. The van der Waals surface area contributed by atoms with Crippen molar-refractivity contribution in [1.82, 2.24) is 4.98 Å². The largest absolute Gasteiger partial charge is 0.326 e. The van der Waals surface area contributed by atoms with Gasteiger partial charge in [0.2, 0.25) is 0 Å². The molecule has 92 valence electrons. The van der Waals surface area contributed by atoms with Gasteiger partial charge >= 0.3 is 0 Å². The number of benzene rings is 1. The first-order chi connectivity index (χ1) is 8.58. The lowest BCUT2D eigenvalue weighted by Gasteiger charge is -2.05. The molecule has 0 fully saturated rings. The number of carbonyl (C=O) groups excluding carboxylic acids is 1. The van der Waals surface area contributed by atoms with Crippen LogP contribution in [-0.4, -0.2) is 10.9 Å². The van der Waals surface area contributed by atoms with Gasteiger partial charge in [-0.1, -0.05) is 23.7 Å². The Hall–Kier alpha value is -2.14. The van der Waals surface area contributed by atoms with Crippen LogP contribution in [0.25, 0.3) is 0 Å². The van der Waals surface area contributed by atoms with Gasteiger partial charge in [-0.3, -0.25) is 9.59 Å². The van der Waals surface area contributed by atoms with Gasteiger partial charge in [-0.25, -0.2) is 4.39 Å². The summed E-state index contributed by atoms with van der Waals surface area (Å²) in [5, 5.41) is 2.56. The summed E-state index contributed by atoms with van der Waals surface area (Å²) in [7, 11) is 0. The molecule has 2 aromatic rings. The maximum absolute atomic E-state index is 13.3. The van der Waals surface area contributed by atoms with E-state index in [-0.39, 0.29) is 16.3 Å². The molecule has 0 atom stereocenters. The van der Waals surface area contributed by atoms with E-state index in [1.54, 1.807) is 0 Å². The van der Waals surface area contributed by atoms with E-state index in [9.17, 15) is 14.0 Å². The molecule has 2 N–H and O–H groups in total. The van der Waals surface area contributed by atoms with E-state index in [1.165, 1.54) is 30.5 Å². The maximum Gasteiger partial charge on any atom is 0.271 e. The van der Waals surface area contributed by atoms with E-state index in [0.717, 1.165) is 6.07 Å². The van der Waals surface area contributed by atoms with Crippen molar-refractivity contribution in [3.8, 4) is 0 Å². The highest BCUT2D eigenvalue weighted by molar-refractivity contribution is 6.30. The van der Waals surface area contributed by atoms with Gasteiger partial charge in [-0.05, 0) is 18.2 Å². The Kier molecular flexibility index (Phi) is 3.43. The SMILES string of the molecule is O=C(Nc1cc(Cl)c[nH]c1=O)c1ccccc1F. The highest BCUT2D eigenvalue weighted by Gasteiger charge is 2.12. The first-order valence-electron chi connectivity index (χ1n) is 5.02. The third kappa shape index (κ3) is 2.57. The fourth-order valence-electron chi connectivity index (χ4n) is 1.39. The number of aromatic nitrogens is 1. The summed E-state index contributed by atoms with van der Waals surface area (Å²) in [5.74, 6) is -1.37.